The van der Waals surface area contributed by atoms with Gasteiger partial charge in [-0.3, -0.25) is 4.72 Å². The zero-order chi connectivity index (χ0) is 19.9. The fourth-order valence-electron chi connectivity index (χ4n) is 2.81. The summed E-state index contributed by atoms with van der Waals surface area (Å²) in [7, 11) is -4.42. The summed E-state index contributed by atoms with van der Waals surface area (Å²) in [5.74, 6) is -2.86. The topological polar surface area (TPSA) is 74.8 Å². The Morgan fingerprint density at radius 3 is 2.57 bits per heavy atom. The highest BCUT2D eigenvalue weighted by Crippen LogP contribution is 2.30. The van der Waals surface area contributed by atoms with Crippen molar-refractivity contribution in [1.29, 1.82) is 0 Å². The number of sulfonamides is 1. The number of H-pyrrole nitrogens is 1. The summed E-state index contributed by atoms with van der Waals surface area (Å²) in [6.07, 6.45) is 3.01. The highest BCUT2D eigenvalue weighted by atomic mass is 32.2. The van der Waals surface area contributed by atoms with E-state index in [9.17, 15) is 21.6 Å². The van der Waals surface area contributed by atoms with Crippen molar-refractivity contribution in [2.75, 3.05) is 4.72 Å². The highest BCUT2D eigenvalue weighted by Gasteiger charge is 2.23. The lowest BCUT2D eigenvalue weighted by Gasteiger charge is -2.11. The van der Waals surface area contributed by atoms with Crippen LogP contribution in [0.15, 0.2) is 65.8 Å². The minimum atomic E-state index is -4.42. The first-order valence-electron chi connectivity index (χ1n) is 8.04. The normalized spacial score (nSPS) is 11.7. The van der Waals surface area contributed by atoms with Gasteiger partial charge in [0.1, 0.15) is 28.0 Å². The molecule has 2 heterocycles. The number of pyridine rings is 1. The predicted octanol–water partition coefficient (Wildman–Crippen LogP) is 4.45. The van der Waals surface area contributed by atoms with Crippen LogP contribution in [0.25, 0.3) is 22.2 Å². The van der Waals surface area contributed by atoms with Gasteiger partial charge in [0.05, 0.1) is 5.69 Å². The van der Waals surface area contributed by atoms with E-state index in [1.807, 2.05) is 0 Å². The molecule has 0 radical (unpaired) electrons. The van der Waals surface area contributed by atoms with Crippen molar-refractivity contribution < 1.29 is 21.6 Å². The van der Waals surface area contributed by atoms with Crippen LogP contribution in [0.3, 0.4) is 0 Å². The van der Waals surface area contributed by atoms with E-state index in [-0.39, 0.29) is 16.8 Å². The summed E-state index contributed by atoms with van der Waals surface area (Å²) in [4.78, 5) is 6.25. The first-order chi connectivity index (χ1) is 13.3. The second kappa shape index (κ2) is 6.68. The molecular weight excluding hydrogens is 391 g/mol. The van der Waals surface area contributed by atoms with Gasteiger partial charge in [-0.15, -0.1) is 0 Å². The molecule has 0 saturated carbocycles. The molecule has 0 aliphatic heterocycles. The van der Waals surface area contributed by atoms with E-state index in [2.05, 4.69) is 14.7 Å². The molecular formula is C19H12F3N3O2S. The Labute approximate surface area is 157 Å². The van der Waals surface area contributed by atoms with Crippen LogP contribution in [0.5, 0.6) is 0 Å². The molecule has 4 aromatic rings. The van der Waals surface area contributed by atoms with Crippen molar-refractivity contribution >= 4 is 26.7 Å². The maximum absolute atomic E-state index is 14.4. The lowest BCUT2D eigenvalue weighted by atomic mass is 10.1. The molecule has 0 spiro atoms. The highest BCUT2D eigenvalue weighted by molar-refractivity contribution is 7.92. The average Bonchev–Trinajstić information content (AvgIpc) is 3.08. The molecule has 0 unspecified atom stereocenters. The number of nitrogens with one attached hydrogen (secondary N) is 2. The quantitative estimate of drug-likeness (QED) is 0.529. The molecule has 2 aromatic carbocycles. The molecule has 0 aliphatic rings. The number of hydrogen-bond acceptors (Lipinski definition) is 3. The van der Waals surface area contributed by atoms with E-state index in [1.54, 1.807) is 18.3 Å². The fourth-order valence-corrected chi connectivity index (χ4v) is 3.94. The molecule has 0 bridgehead atoms. The van der Waals surface area contributed by atoms with E-state index in [0.717, 1.165) is 18.2 Å². The Kier molecular flexibility index (Phi) is 4.31. The van der Waals surface area contributed by atoms with Crippen LogP contribution >= 0.6 is 0 Å². The molecule has 5 nitrogen and oxygen atoms in total. The number of fused-ring (bicyclic) bond motifs is 1. The third kappa shape index (κ3) is 3.31. The largest absolute Gasteiger partial charge is 0.346 e. The number of nitrogens with zero attached hydrogens (tertiary/aromatic N) is 1. The Morgan fingerprint density at radius 2 is 1.79 bits per heavy atom. The molecule has 4 rings (SSSR count). The SMILES string of the molecule is O=S(=O)(Nc1cccc(F)c1)c1cc(-c2cnc3[nH]ccc3c2)c(F)cc1F. The van der Waals surface area contributed by atoms with Gasteiger partial charge in [-0.2, -0.15) is 0 Å². The Bertz CT molecular complexity index is 1300. The molecule has 0 aliphatic carbocycles. The van der Waals surface area contributed by atoms with E-state index < -0.39 is 32.4 Å². The number of aromatic nitrogens is 2. The van der Waals surface area contributed by atoms with Gasteiger partial charge in [-0.25, -0.2) is 26.6 Å². The smallest absolute Gasteiger partial charge is 0.264 e. The van der Waals surface area contributed by atoms with E-state index in [1.165, 1.54) is 18.3 Å². The minimum Gasteiger partial charge on any atom is -0.346 e. The molecule has 9 heteroatoms. The molecule has 142 valence electrons. The van der Waals surface area contributed by atoms with E-state index in [4.69, 9.17) is 0 Å². The summed E-state index contributed by atoms with van der Waals surface area (Å²) in [6.45, 7) is 0. The molecule has 0 saturated heterocycles. The lowest BCUT2D eigenvalue weighted by Crippen LogP contribution is -2.15. The van der Waals surface area contributed by atoms with Crippen LogP contribution < -0.4 is 4.72 Å². The number of benzene rings is 2. The minimum absolute atomic E-state index is 0.0827. The predicted molar refractivity (Wildman–Crippen MR) is 98.7 cm³/mol. The third-order valence-corrected chi connectivity index (χ3v) is 5.50. The van der Waals surface area contributed by atoms with Crippen molar-refractivity contribution in [2.24, 2.45) is 0 Å². The summed E-state index contributed by atoms with van der Waals surface area (Å²) >= 11 is 0. The number of halogens is 3. The van der Waals surface area contributed by atoms with Crippen molar-refractivity contribution in [2.45, 2.75) is 4.90 Å². The van der Waals surface area contributed by atoms with Gasteiger partial charge in [-0.1, -0.05) is 6.07 Å². The van der Waals surface area contributed by atoms with Gasteiger partial charge >= 0.3 is 0 Å². The molecule has 0 amide bonds. The number of anilines is 1. The maximum Gasteiger partial charge on any atom is 0.264 e. The molecule has 0 fully saturated rings. The Hall–Kier alpha value is -3.33. The van der Waals surface area contributed by atoms with Crippen molar-refractivity contribution in [1.82, 2.24) is 9.97 Å². The van der Waals surface area contributed by atoms with Crippen LogP contribution in [-0.4, -0.2) is 18.4 Å². The summed E-state index contributed by atoms with van der Waals surface area (Å²) in [6, 6.07) is 9.41. The molecule has 28 heavy (non-hydrogen) atoms. The average molecular weight is 403 g/mol. The monoisotopic (exact) mass is 403 g/mol. The summed E-state index contributed by atoms with van der Waals surface area (Å²) in [5, 5.41) is 0.684. The van der Waals surface area contributed by atoms with Gasteiger partial charge in [0.15, 0.2) is 0 Å². The maximum atomic E-state index is 14.4. The third-order valence-electron chi connectivity index (χ3n) is 4.10. The van der Waals surface area contributed by atoms with Gasteiger partial charge in [0.25, 0.3) is 10.0 Å². The van der Waals surface area contributed by atoms with Crippen LogP contribution in [-0.2, 0) is 10.0 Å². The molecule has 2 N–H and O–H groups in total. The van der Waals surface area contributed by atoms with Crippen LogP contribution in [0, 0.1) is 17.5 Å². The van der Waals surface area contributed by atoms with Gasteiger partial charge in [0.2, 0.25) is 0 Å². The fraction of sp³-hybridized carbons (Fsp3) is 0. The second-order valence-electron chi connectivity index (χ2n) is 6.02. The standard InChI is InChI=1S/C19H12F3N3O2S/c20-13-2-1-3-14(7-13)25-28(26,27)18-8-15(16(21)9-17(18)22)12-6-11-4-5-23-19(11)24-10-12/h1-10,25H,(H,23,24). The van der Waals surface area contributed by atoms with Gasteiger partial charge in [0, 0.05) is 35.0 Å². The van der Waals surface area contributed by atoms with Crippen molar-refractivity contribution in [3.05, 3.63) is 78.4 Å². The van der Waals surface area contributed by atoms with Gasteiger partial charge in [-0.05, 0) is 36.4 Å². The second-order valence-corrected chi connectivity index (χ2v) is 7.67. The number of aromatic amines is 1. The van der Waals surface area contributed by atoms with Crippen LogP contribution in [0.2, 0.25) is 0 Å². The van der Waals surface area contributed by atoms with Crippen molar-refractivity contribution in [3.63, 3.8) is 0 Å². The summed E-state index contributed by atoms with van der Waals surface area (Å²) in [5.41, 5.74) is 0.649. The Morgan fingerprint density at radius 1 is 0.964 bits per heavy atom. The van der Waals surface area contributed by atoms with Gasteiger partial charge < -0.3 is 4.98 Å². The first kappa shape index (κ1) is 18.1. The van der Waals surface area contributed by atoms with E-state index >= 15 is 0 Å². The molecule has 0 atom stereocenters. The van der Waals surface area contributed by atoms with E-state index in [0.29, 0.717) is 17.1 Å². The summed E-state index contributed by atoms with van der Waals surface area (Å²) < 4.78 is 69.2. The van der Waals surface area contributed by atoms with Crippen molar-refractivity contribution in [3.8, 4) is 11.1 Å². The Balaban J connectivity index is 1.80. The first-order valence-corrected chi connectivity index (χ1v) is 9.53. The lowest BCUT2D eigenvalue weighted by molar-refractivity contribution is 0.552. The number of rotatable bonds is 4. The van der Waals surface area contributed by atoms with Crippen LogP contribution in [0.1, 0.15) is 0 Å². The zero-order valence-electron chi connectivity index (χ0n) is 14.1. The number of hydrogen-bond donors (Lipinski definition) is 2. The zero-order valence-corrected chi connectivity index (χ0v) is 14.9. The van der Waals surface area contributed by atoms with Crippen LogP contribution in [0.4, 0.5) is 18.9 Å². The molecule has 2 aromatic heterocycles.